The van der Waals surface area contributed by atoms with E-state index in [4.69, 9.17) is 15.2 Å². The summed E-state index contributed by atoms with van der Waals surface area (Å²) in [5, 5.41) is 0.675. The summed E-state index contributed by atoms with van der Waals surface area (Å²) >= 11 is 0. The maximum absolute atomic E-state index is 12.5. The van der Waals surface area contributed by atoms with Crippen molar-refractivity contribution in [2.45, 2.75) is 33.3 Å². The Kier molecular flexibility index (Phi) is 4.12. The molecule has 0 saturated carbocycles. The van der Waals surface area contributed by atoms with Gasteiger partial charge in [-0.25, -0.2) is 14.2 Å². The topological polar surface area (TPSA) is 83.5 Å². The third-order valence-electron chi connectivity index (χ3n) is 2.89. The van der Waals surface area contributed by atoms with Gasteiger partial charge in [-0.3, -0.25) is 0 Å². The number of carbonyl (C=O) groups excluding carboxylic acids is 2. The van der Waals surface area contributed by atoms with E-state index in [9.17, 15) is 9.59 Å². The molecule has 0 radical (unpaired) electrons. The van der Waals surface area contributed by atoms with Gasteiger partial charge in [0, 0.05) is 11.1 Å². The minimum Gasteiger partial charge on any atom is -0.461 e. The molecule has 0 atom stereocenters. The standard InChI is InChI=1S/C16H20N2O4/c1-5-21-14(19)13-9-10-8-11(17)6-7-12(10)18(13)15(20)22-16(2,3)4/h6-9H,5,17H2,1-4H3. The number of anilines is 1. The lowest BCUT2D eigenvalue weighted by atomic mass is 10.2. The van der Waals surface area contributed by atoms with Crippen LogP contribution in [0.3, 0.4) is 0 Å². The fourth-order valence-corrected chi connectivity index (χ4v) is 2.09. The van der Waals surface area contributed by atoms with E-state index >= 15 is 0 Å². The van der Waals surface area contributed by atoms with Gasteiger partial charge in [0.05, 0.1) is 12.1 Å². The number of esters is 1. The maximum Gasteiger partial charge on any atom is 0.419 e. The molecular weight excluding hydrogens is 284 g/mol. The molecule has 0 bridgehead atoms. The first-order chi connectivity index (χ1) is 10.2. The second-order valence-electron chi connectivity index (χ2n) is 5.88. The summed E-state index contributed by atoms with van der Waals surface area (Å²) < 4.78 is 11.6. The molecule has 0 saturated heterocycles. The molecule has 0 aliphatic rings. The van der Waals surface area contributed by atoms with Gasteiger partial charge in [0.15, 0.2) is 0 Å². The minimum absolute atomic E-state index is 0.122. The molecular formula is C16H20N2O4. The third kappa shape index (κ3) is 3.21. The summed E-state index contributed by atoms with van der Waals surface area (Å²) in [5.41, 5.74) is 6.30. The van der Waals surface area contributed by atoms with Crippen LogP contribution in [-0.4, -0.2) is 28.8 Å². The molecule has 2 aromatic rings. The molecule has 0 fully saturated rings. The van der Waals surface area contributed by atoms with Crippen LogP contribution in [0.2, 0.25) is 0 Å². The van der Waals surface area contributed by atoms with Crippen LogP contribution in [0.1, 0.15) is 38.2 Å². The first-order valence-corrected chi connectivity index (χ1v) is 7.04. The lowest BCUT2D eigenvalue weighted by molar-refractivity contribution is 0.0454. The van der Waals surface area contributed by atoms with E-state index in [-0.39, 0.29) is 12.3 Å². The number of aromatic nitrogens is 1. The number of nitrogens with zero attached hydrogens (tertiary/aromatic N) is 1. The summed E-state index contributed by atoms with van der Waals surface area (Å²) in [6.07, 6.45) is -0.629. The highest BCUT2D eigenvalue weighted by Crippen LogP contribution is 2.24. The lowest BCUT2D eigenvalue weighted by Crippen LogP contribution is -2.29. The SMILES string of the molecule is CCOC(=O)c1cc2cc(N)ccc2n1C(=O)OC(C)(C)C. The summed E-state index contributed by atoms with van der Waals surface area (Å²) in [4.78, 5) is 24.6. The molecule has 22 heavy (non-hydrogen) atoms. The fourth-order valence-electron chi connectivity index (χ4n) is 2.09. The van der Waals surface area contributed by atoms with Crippen molar-refractivity contribution in [2.75, 3.05) is 12.3 Å². The zero-order valence-corrected chi connectivity index (χ0v) is 13.2. The highest BCUT2D eigenvalue weighted by atomic mass is 16.6. The highest BCUT2D eigenvalue weighted by molar-refractivity contribution is 6.02. The van der Waals surface area contributed by atoms with Crippen molar-refractivity contribution in [3.05, 3.63) is 30.0 Å². The minimum atomic E-state index is -0.673. The van der Waals surface area contributed by atoms with Gasteiger partial charge in [-0.15, -0.1) is 0 Å². The molecule has 1 heterocycles. The predicted octanol–water partition coefficient (Wildman–Crippen LogP) is 3.18. The summed E-state index contributed by atoms with van der Waals surface area (Å²) in [6.45, 7) is 7.21. The first-order valence-electron chi connectivity index (χ1n) is 7.04. The Labute approximate surface area is 128 Å². The van der Waals surface area contributed by atoms with Crippen molar-refractivity contribution in [3.63, 3.8) is 0 Å². The quantitative estimate of drug-likeness (QED) is 0.680. The van der Waals surface area contributed by atoms with Crippen molar-refractivity contribution in [3.8, 4) is 0 Å². The van der Waals surface area contributed by atoms with E-state index in [1.165, 1.54) is 4.57 Å². The van der Waals surface area contributed by atoms with Crippen LogP contribution in [-0.2, 0) is 9.47 Å². The van der Waals surface area contributed by atoms with Gasteiger partial charge in [-0.05, 0) is 52.0 Å². The second kappa shape index (κ2) is 5.71. The predicted molar refractivity (Wildman–Crippen MR) is 83.9 cm³/mol. The van der Waals surface area contributed by atoms with Gasteiger partial charge >= 0.3 is 12.1 Å². The van der Waals surface area contributed by atoms with Crippen LogP contribution in [0.15, 0.2) is 24.3 Å². The van der Waals surface area contributed by atoms with E-state index in [2.05, 4.69) is 0 Å². The second-order valence-corrected chi connectivity index (χ2v) is 5.88. The maximum atomic E-state index is 12.5. The molecule has 0 amide bonds. The summed E-state index contributed by atoms with van der Waals surface area (Å²) in [5.74, 6) is -0.580. The van der Waals surface area contributed by atoms with Crippen LogP contribution in [0, 0.1) is 0 Å². The Morgan fingerprint density at radius 1 is 1.23 bits per heavy atom. The molecule has 6 nitrogen and oxygen atoms in total. The fraction of sp³-hybridized carbons (Fsp3) is 0.375. The van der Waals surface area contributed by atoms with E-state index in [0.29, 0.717) is 16.6 Å². The number of carbonyl (C=O) groups is 2. The van der Waals surface area contributed by atoms with Gasteiger partial charge in [0.1, 0.15) is 11.3 Å². The molecule has 2 N–H and O–H groups in total. The van der Waals surface area contributed by atoms with E-state index in [0.717, 1.165) is 0 Å². The van der Waals surface area contributed by atoms with Crippen LogP contribution in [0.25, 0.3) is 10.9 Å². The number of nitrogens with two attached hydrogens (primary N) is 1. The molecule has 1 aromatic carbocycles. The average Bonchev–Trinajstić information content (AvgIpc) is 2.75. The lowest BCUT2D eigenvalue weighted by Gasteiger charge is -2.20. The Morgan fingerprint density at radius 3 is 2.50 bits per heavy atom. The Morgan fingerprint density at radius 2 is 1.91 bits per heavy atom. The van der Waals surface area contributed by atoms with E-state index in [1.54, 1.807) is 52.0 Å². The number of ether oxygens (including phenoxy) is 2. The van der Waals surface area contributed by atoms with Crippen LogP contribution in [0.5, 0.6) is 0 Å². The van der Waals surface area contributed by atoms with Crippen molar-refractivity contribution in [1.82, 2.24) is 4.57 Å². The number of fused-ring (bicyclic) bond motifs is 1. The van der Waals surface area contributed by atoms with Gasteiger partial charge in [0.25, 0.3) is 0 Å². The molecule has 118 valence electrons. The van der Waals surface area contributed by atoms with E-state index < -0.39 is 17.7 Å². The number of nitrogen functional groups attached to an aromatic ring is 1. The summed E-state index contributed by atoms with van der Waals surface area (Å²) in [6, 6.07) is 6.61. The van der Waals surface area contributed by atoms with Gasteiger partial charge in [-0.1, -0.05) is 0 Å². The van der Waals surface area contributed by atoms with Gasteiger partial charge < -0.3 is 15.2 Å². The Balaban J connectivity index is 2.59. The smallest absolute Gasteiger partial charge is 0.419 e. The number of hydrogen-bond acceptors (Lipinski definition) is 5. The number of hydrogen-bond donors (Lipinski definition) is 1. The molecule has 0 spiro atoms. The van der Waals surface area contributed by atoms with Crippen LogP contribution < -0.4 is 5.73 Å². The Bertz CT molecular complexity index is 726. The Hall–Kier alpha value is -2.50. The normalized spacial score (nSPS) is 11.5. The summed E-state index contributed by atoms with van der Waals surface area (Å²) in [7, 11) is 0. The van der Waals surface area contributed by atoms with Crippen LogP contribution in [0.4, 0.5) is 10.5 Å². The average molecular weight is 304 g/mol. The molecule has 2 rings (SSSR count). The van der Waals surface area contributed by atoms with Crippen molar-refractivity contribution < 1.29 is 19.1 Å². The molecule has 1 aromatic heterocycles. The van der Waals surface area contributed by atoms with Gasteiger partial charge in [0.2, 0.25) is 0 Å². The van der Waals surface area contributed by atoms with E-state index in [1.807, 2.05) is 0 Å². The third-order valence-corrected chi connectivity index (χ3v) is 2.89. The van der Waals surface area contributed by atoms with Crippen LogP contribution >= 0.6 is 0 Å². The molecule has 0 unspecified atom stereocenters. The molecule has 6 heteroatoms. The van der Waals surface area contributed by atoms with Crippen molar-refractivity contribution in [1.29, 1.82) is 0 Å². The largest absolute Gasteiger partial charge is 0.461 e. The molecule has 0 aliphatic heterocycles. The molecule has 0 aliphatic carbocycles. The highest BCUT2D eigenvalue weighted by Gasteiger charge is 2.25. The first kappa shape index (κ1) is 15.9. The monoisotopic (exact) mass is 304 g/mol. The zero-order chi connectivity index (χ0) is 16.5. The number of rotatable bonds is 2. The van der Waals surface area contributed by atoms with Crippen molar-refractivity contribution in [2.24, 2.45) is 0 Å². The van der Waals surface area contributed by atoms with Gasteiger partial charge in [-0.2, -0.15) is 0 Å². The zero-order valence-electron chi connectivity index (χ0n) is 13.2. The number of benzene rings is 1. The van der Waals surface area contributed by atoms with Crippen molar-refractivity contribution >= 4 is 28.7 Å².